The molecule has 3 aromatic heterocycles. The van der Waals surface area contributed by atoms with Gasteiger partial charge >= 0.3 is 5.69 Å². The number of aromatic nitrogens is 4. The van der Waals surface area contributed by atoms with Gasteiger partial charge in [0, 0.05) is 41.6 Å². The average molecular weight is 695 g/mol. The van der Waals surface area contributed by atoms with Gasteiger partial charge in [-0.25, -0.2) is 14.8 Å². The van der Waals surface area contributed by atoms with Gasteiger partial charge in [-0.3, -0.25) is 9.13 Å². The molecule has 0 saturated heterocycles. The number of para-hydroxylation sites is 1. The van der Waals surface area contributed by atoms with Crippen molar-refractivity contribution in [3.63, 3.8) is 0 Å². The topological polar surface area (TPSA) is 82.9 Å². The van der Waals surface area contributed by atoms with Crippen molar-refractivity contribution in [1.82, 2.24) is 19.1 Å². The van der Waals surface area contributed by atoms with Crippen LogP contribution in [0, 0.1) is 0 Å². The lowest BCUT2D eigenvalue weighted by molar-refractivity contribution is -0.0980. The van der Waals surface area contributed by atoms with Crippen molar-refractivity contribution in [2.24, 2.45) is 14.1 Å². The van der Waals surface area contributed by atoms with E-state index in [1.165, 1.54) is 0 Å². The summed E-state index contributed by atoms with van der Waals surface area (Å²) in [5.74, 6) is 0.673. The molecule has 9 rings (SSSR count). The predicted octanol–water partition coefficient (Wildman–Crippen LogP) is 10.7. The molecule has 0 aliphatic carbocycles. The standard InChI is InChI=1S/C43H30N4O2.C2H6.CH2O/c1-46-38-23-21-32(24-39(38)47(2)43(46)48)27-12-16-29(17-13-27)36-26-37(45-42(44-36)31-8-4-3-5-9-31)30-18-14-28(15-19-30)33-20-22-35-34-10-6-7-11-40(34)49-41(35)25-33;2*1-2/h3-26H,1-2H3;1-2H3;1H2. The van der Waals surface area contributed by atoms with E-state index in [9.17, 15) is 4.79 Å². The third-order valence-corrected chi connectivity index (χ3v) is 9.44. The van der Waals surface area contributed by atoms with Gasteiger partial charge in [0.15, 0.2) is 5.82 Å². The first kappa shape index (κ1) is 34.6. The molecule has 0 amide bonds. The Bertz CT molecular complexity index is 2760. The summed E-state index contributed by atoms with van der Waals surface area (Å²) < 4.78 is 9.51. The first-order valence-corrected chi connectivity index (χ1v) is 17.5. The number of aryl methyl sites for hydroxylation is 2. The summed E-state index contributed by atoms with van der Waals surface area (Å²) in [6.07, 6.45) is 0. The van der Waals surface area contributed by atoms with Gasteiger partial charge in [0.05, 0.1) is 22.4 Å². The van der Waals surface area contributed by atoms with Crippen molar-refractivity contribution in [3.05, 3.63) is 156 Å². The van der Waals surface area contributed by atoms with E-state index in [0.29, 0.717) is 5.82 Å². The Balaban J connectivity index is 0.00000105. The minimum Gasteiger partial charge on any atom is -0.456 e. The molecule has 0 atom stereocenters. The van der Waals surface area contributed by atoms with E-state index in [2.05, 4.69) is 91.0 Å². The molecule has 6 aromatic carbocycles. The highest BCUT2D eigenvalue weighted by atomic mass is 16.3. The van der Waals surface area contributed by atoms with Gasteiger partial charge in [-0.2, -0.15) is 0 Å². The Labute approximate surface area is 307 Å². The number of furan rings is 1. The Morgan fingerprint density at radius 2 is 0.962 bits per heavy atom. The van der Waals surface area contributed by atoms with Crippen LogP contribution in [-0.4, -0.2) is 25.9 Å². The van der Waals surface area contributed by atoms with Crippen LogP contribution < -0.4 is 5.69 Å². The van der Waals surface area contributed by atoms with Gasteiger partial charge in [0.1, 0.15) is 18.0 Å². The molecule has 9 aromatic rings. The van der Waals surface area contributed by atoms with Crippen LogP contribution in [0.2, 0.25) is 0 Å². The fourth-order valence-electron chi connectivity index (χ4n) is 6.72. The minimum atomic E-state index is -0.0323. The lowest BCUT2D eigenvalue weighted by Crippen LogP contribution is -2.19. The number of imidazole rings is 1. The lowest BCUT2D eigenvalue weighted by atomic mass is 9.99. The van der Waals surface area contributed by atoms with Crippen LogP contribution in [0.15, 0.2) is 155 Å². The molecule has 0 unspecified atom stereocenters. The largest absolute Gasteiger partial charge is 0.456 e. The lowest BCUT2D eigenvalue weighted by Gasteiger charge is -2.11. The van der Waals surface area contributed by atoms with Gasteiger partial charge in [-0.1, -0.05) is 123 Å². The molecule has 0 aliphatic rings. The maximum atomic E-state index is 12.5. The van der Waals surface area contributed by atoms with E-state index in [1.54, 1.807) is 16.2 Å². The first-order chi connectivity index (χ1) is 26.0. The minimum absolute atomic E-state index is 0.0323. The Morgan fingerprint density at radius 3 is 1.60 bits per heavy atom. The Kier molecular flexibility index (Phi) is 9.64. The summed E-state index contributed by atoms with van der Waals surface area (Å²) in [6, 6.07) is 49.8. The van der Waals surface area contributed by atoms with Crippen molar-refractivity contribution in [3.8, 4) is 56.2 Å². The smallest absolute Gasteiger partial charge is 0.328 e. The number of carbonyl (C=O) groups excluding carboxylic acids is 1. The molecule has 0 bridgehead atoms. The molecule has 0 spiro atoms. The van der Waals surface area contributed by atoms with Gasteiger partial charge < -0.3 is 9.21 Å². The average Bonchev–Trinajstić information content (AvgIpc) is 3.72. The molecule has 0 fully saturated rings. The second-order valence-corrected chi connectivity index (χ2v) is 12.4. The molecule has 7 nitrogen and oxygen atoms in total. The fourth-order valence-corrected chi connectivity index (χ4v) is 6.72. The number of fused-ring (bicyclic) bond motifs is 4. The molecule has 0 saturated carbocycles. The second-order valence-electron chi connectivity index (χ2n) is 12.4. The molecule has 260 valence electrons. The number of hydrogen-bond acceptors (Lipinski definition) is 5. The maximum Gasteiger partial charge on any atom is 0.328 e. The third-order valence-electron chi connectivity index (χ3n) is 9.44. The summed E-state index contributed by atoms with van der Waals surface area (Å²) in [6.45, 7) is 6.00. The van der Waals surface area contributed by atoms with Crippen LogP contribution in [0.4, 0.5) is 0 Å². The zero-order valence-electron chi connectivity index (χ0n) is 30.1. The monoisotopic (exact) mass is 694 g/mol. The van der Waals surface area contributed by atoms with E-state index in [-0.39, 0.29) is 5.69 Å². The number of nitrogens with zero attached hydrogens (tertiary/aromatic N) is 4. The zero-order valence-corrected chi connectivity index (χ0v) is 30.1. The number of rotatable bonds is 5. The molecule has 0 aliphatic heterocycles. The maximum absolute atomic E-state index is 12.5. The Hall–Kier alpha value is -6.86. The van der Waals surface area contributed by atoms with E-state index < -0.39 is 0 Å². The molecular weight excluding hydrogens is 657 g/mol. The van der Waals surface area contributed by atoms with E-state index >= 15 is 0 Å². The zero-order chi connectivity index (χ0) is 37.1. The quantitative estimate of drug-likeness (QED) is 0.179. The van der Waals surface area contributed by atoms with Crippen LogP contribution in [0.5, 0.6) is 0 Å². The fraction of sp³-hybridized carbons (Fsp3) is 0.0870. The molecular formula is C46H38N4O3. The van der Waals surface area contributed by atoms with Gasteiger partial charge in [-0.05, 0) is 58.7 Å². The van der Waals surface area contributed by atoms with E-state index in [4.69, 9.17) is 19.2 Å². The summed E-state index contributed by atoms with van der Waals surface area (Å²) in [7, 11) is 3.61. The number of carbonyl (C=O) groups is 1. The highest BCUT2D eigenvalue weighted by molar-refractivity contribution is 6.05. The molecule has 53 heavy (non-hydrogen) atoms. The molecule has 7 heteroatoms. The SMILES string of the molecule is C=O.CC.Cn1c(=O)n(C)c2cc(-c3ccc(-c4cc(-c5ccc(-c6ccc7c(c6)oc6ccccc67)cc5)nc(-c5ccccc5)n4)cc3)ccc21. The summed E-state index contributed by atoms with van der Waals surface area (Å²) in [5.41, 5.74) is 12.5. The van der Waals surface area contributed by atoms with Crippen molar-refractivity contribution in [1.29, 1.82) is 0 Å². The van der Waals surface area contributed by atoms with Crippen LogP contribution in [0.1, 0.15) is 13.8 Å². The molecule has 0 N–H and O–H groups in total. The summed E-state index contributed by atoms with van der Waals surface area (Å²) in [4.78, 5) is 30.5. The van der Waals surface area contributed by atoms with Crippen molar-refractivity contribution in [2.75, 3.05) is 0 Å². The van der Waals surface area contributed by atoms with Crippen LogP contribution >= 0.6 is 0 Å². The normalized spacial score (nSPS) is 10.9. The van der Waals surface area contributed by atoms with E-state index in [1.807, 2.05) is 82.3 Å². The Morgan fingerprint density at radius 1 is 0.472 bits per heavy atom. The first-order valence-electron chi connectivity index (χ1n) is 17.5. The predicted molar refractivity (Wildman–Crippen MR) is 217 cm³/mol. The third kappa shape index (κ3) is 6.45. The van der Waals surface area contributed by atoms with Crippen molar-refractivity contribution < 1.29 is 9.21 Å². The number of benzene rings is 6. The van der Waals surface area contributed by atoms with Crippen LogP contribution in [0.25, 0.3) is 89.1 Å². The van der Waals surface area contributed by atoms with Crippen LogP contribution in [-0.2, 0) is 18.9 Å². The molecule has 0 radical (unpaired) electrons. The summed E-state index contributed by atoms with van der Waals surface area (Å²) >= 11 is 0. The van der Waals surface area contributed by atoms with Gasteiger partial charge in [0.25, 0.3) is 0 Å². The van der Waals surface area contributed by atoms with Crippen molar-refractivity contribution >= 4 is 39.8 Å². The van der Waals surface area contributed by atoms with Gasteiger partial charge in [0.2, 0.25) is 0 Å². The van der Waals surface area contributed by atoms with Gasteiger partial charge in [-0.15, -0.1) is 0 Å². The summed E-state index contributed by atoms with van der Waals surface area (Å²) in [5, 5.41) is 2.25. The van der Waals surface area contributed by atoms with E-state index in [0.717, 1.165) is 83.3 Å². The highest BCUT2D eigenvalue weighted by Crippen LogP contribution is 2.34. The highest BCUT2D eigenvalue weighted by Gasteiger charge is 2.14. The number of hydrogen-bond donors (Lipinski definition) is 0. The van der Waals surface area contributed by atoms with Crippen molar-refractivity contribution in [2.45, 2.75) is 13.8 Å². The van der Waals surface area contributed by atoms with Crippen LogP contribution in [0.3, 0.4) is 0 Å². The molecule has 3 heterocycles. The second kappa shape index (κ2) is 14.8.